The first kappa shape index (κ1) is 15.5. The smallest absolute Gasteiger partial charge is 0.127 e. The van der Waals surface area contributed by atoms with Gasteiger partial charge in [0.25, 0.3) is 0 Å². The van der Waals surface area contributed by atoms with E-state index in [1.54, 1.807) is 6.07 Å². The molecular weight excluding hydrogens is 251 g/mol. The number of hydrogen-bond acceptors (Lipinski definition) is 2. The molecule has 1 fully saturated rings. The van der Waals surface area contributed by atoms with Crippen LogP contribution in [0.4, 0.5) is 4.39 Å². The fourth-order valence-electron chi connectivity index (χ4n) is 3.33. The van der Waals surface area contributed by atoms with Crippen molar-refractivity contribution in [1.82, 2.24) is 4.90 Å². The van der Waals surface area contributed by atoms with E-state index >= 15 is 0 Å². The Bertz CT molecular complexity index is 433. The third-order valence-corrected chi connectivity index (χ3v) is 4.80. The van der Waals surface area contributed by atoms with Crippen LogP contribution in [0.3, 0.4) is 0 Å². The predicted octanol–water partition coefficient (Wildman–Crippen LogP) is 3.41. The van der Waals surface area contributed by atoms with Crippen molar-refractivity contribution in [3.05, 3.63) is 35.6 Å². The number of hydrogen-bond donors (Lipinski definition) is 1. The van der Waals surface area contributed by atoms with Gasteiger partial charge in [0.2, 0.25) is 0 Å². The summed E-state index contributed by atoms with van der Waals surface area (Å²) in [5.41, 5.74) is 7.06. The van der Waals surface area contributed by atoms with Crippen LogP contribution in [0.15, 0.2) is 24.3 Å². The molecule has 3 heteroatoms. The zero-order chi connectivity index (χ0) is 14.7. The molecule has 0 amide bonds. The summed E-state index contributed by atoms with van der Waals surface area (Å²) in [5.74, 6) is 1.32. The summed E-state index contributed by atoms with van der Waals surface area (Å²) in [6.07, 6.45) is 3.43. The third-order valence-electron chi connectivity index (χ3n) is 4.80. The second-order valence-corrected chi connectivity index (χ2v) is 6.55. The van der Waals surface area contributed by atoms with Crippen LogP contribution in [0.1, 0.15) is 38.7 Å². The Morgan fingerprint density at radius 2 is 2.00 bits per heavy atom. The highest BCUT2D eigenvalue weighted by atomic mass is 19.1. The SMILES string of the molecule is CC(C)C1CCC(N)C(N(C)Cc2ccccc2F)C1. The van der Waals surface area contributed by atoms with Crippen molar-refractivity contribution >= 4 is 0 Å². The van der Waals surface area contributed by atoms with Gasteiger partial charge < -0.3 is 5.73 Å². The van der Waals surface area contributed by atoms with Crippen molar-refractivity contribution in [2.75, 3.05) is 7.05 Å². The van der Waals surface area contributed by atoms with Crippen LogP contribution in [0.25, 0.3) is 0 Å². The maximum absolute atomic E-state index is 13.8. The number of halogens is 1. The Morgan fingerprint density at radius 1 is 1.30 bits per heavy atom. The first-order valence-electron chi connectivity index (χ1n) is 7.68. The van der Waals surface area contributed by atoms with E-state index in [9.17, 15) is 4.39 Å². The van der Waals surface area contributed by atoms with Gasteiger partial charge in [-0.2, -0.15) is 0 Å². The molecule has 20 heavy (non-hydrogen) atoms. The minimum absolute atomic E-state index is 0.121. The van der Waals surface area contributed by atoms with Gasteiger partial charge in [0.15, 0.2) is 0 Å². The second-order valence-electron chi connectivity index (χ2n) is 6.55. The summed E-state index contributed by atoms with van der Waals surface area (Å²) in [5, 5.41) is 0. The number of nitrogens with zero attached hydrogens (tertiary/aromatic N) is 1. The van der Waals surface area contributed by atoms with Crippen LogP contribution in [-0.4, -0.2) is 24.0 Å². The van der Waals surface area contributed by atoms with E-state index in [0.29, 0.717) is 18.5 Å². The molecule has 1 aliphatic rings. The van der Waals surface area contributed by atoms with Crippen LogP contribution in [0.5, 0.6) is 0 Å². The fourth-order valence-corrected chi connectivity index (χ4v) is 3.33. The summed E-state index contributed by atoms with van der Waals surface area (Å²) in [4.78, 5) is 2.23. The molecule has 0 bridgehead atoms. The largest absolute Gasteiger partial charge is 0.326 e. The predicted molar refractivity (Wildman–Crippen MR) is 81.8 cm³/mol. The summed E-state index contributed by atoms with van der Waals surface area (Å²) in [7, 11) is 2.07. The molecule has 1 aromatic rings. The first-order valence-corrected chi connectivity index (χ1v) is 7.68. The molecule has 1 aromatic carbocycles. The Balaban J connectivity index is 2.03. The molecular formula is C17H27FN2. The maximum Gasteiger partial charge on any atom is 0.127 e. The van der Waals surface area contributed by atoms with Crippen molar-refractivity contribution in [2.24, 2.45) is 17.6 Å². The molecule has 2 nitrogen and oxygen atoms in total. The highest BCUT2D eigenvalue weighted by Gasteiger charge is 2.32. The van der Waals surface area contributed by atoms with Gasteiger partial charge in [-0.15, -0.1) is 0 Å². The van der Waals surface area contributed by atoms with Gasteiger partial charge in [-0.1, -0.05) is 32.0 Å². The normalized spacial score (nSPS) is 27.2. The van der Waals surface area contributed by atoms with Crippen LogP contribution >= 0.6 is 0 Å². The molecule has 0 aliphatic heterocycles. The molecule has 0 radical (unpaired) electrons. The van der Waals surface area contributed by atoms with Crippen molar-refractivity contribution in [3.8, 4) is 0 Å². The van der Waals surface area contributed by atoms with Crippen LogP contribution in [0.2, 0.25) is 0 Å². The molecule has 0 aromatic heterocycles. The molecule has 1 aliphatic carbocycles. The zero-order valence-electron chi connectivity index (χ0n) is 12.8. The number of nitrogens with two attached hydrogens (primary N) is 1. The minimum atomic E-state index is -0.121. The van der Waals surface area contributed by atoms with E-state index in [1.807, 2.05) is 12.1 Å². The van der Waals surface area contributed by atoms with Crippen molar-refractivity contribution < 1.29 is 4.39 Å². The summed E-state index contributed by atoms with van der Waals surface area (Å²) < 4.78 is 13.8. The van der Waals surface area contributed by atoms with E-state index < -0.39 is 0 Å². The van der Waals surface area contributed by atoms with Gasteiger partial charge in [0.05, 0.1) is 0 Å². The standard InChI is InChI=1S/C17H27FN2/c1-12(2)13-8-9-16(19)17(10-13)20(3)11-14-6-4-5-7-15(14)18/h4-7,12-13,16-17H,8-11,19H2,1-3H3. The Labute approximate surface area is 122 Å². The van der Waals surface area contributed by atoms with E-state index in [1.165, 1.54) is 12.5 Å². The average Bonchev–Trinajstić information content (AvgIpc) is 2.41. The molecule has 0 heterocycles. The highest BCUT2D eigenvalue weighted by molar-refractivity contribution is 5.17. The summed E-state index contributed by atoms with van der Waals surface area (Å²) >= 11 is 0. The average molecular weight is 278 g/mol. The highest BCUT2D eigenvalue weighted by Crippen LogP contribution is 2.32. The quantitative estimate of drug-likeness (QED) is 0.914. The summed E-state index contributed by atoms with van der Waals surface area (Å²) in [6.45, 7) is 5.21. The van der Waals surface area contributed by atoms with Crippen molar-refractivity contribution in [1.29, 1.82) is 0 Å². The van der Waals surface area contributed by atoms with E-state index in [4.69, 9.17) is 5.73 Å². The Morgan fingerprint density at radius 3 is 2.65 bits per heavy atom. The van der Waals surface area contributed by atoms with Crippen LogP contribution in [0, 0.1) is 17.7 Å². The van der Waals surface area contributed by atoms with Gasteiger partial charge in [-0.25, -0.2) is 4.39 Å². The number of likely N-dealkylation sites (N-methyl/N-ethyl adjacent to an activating group) is 1. The minimum Gasteiger partial charge on any atom is -0.326 e. The van der Waals surface area contributed by atoms with Crippen molar-refractivity contribution in [2.45, 2.75) is 51.7 Å². The van der Waals surface area contributed by atoms with Crippen LogP contribution < -0.4 is 5.73 Å². The molecule has 3 unspecified atom stereocenters. The Hall–Kier alpha value is -0.930. The van der Waals surface area contributed by atoms with E-state index in [-0.39, 0.29) is 11.9 Å². The maximum atomic E-state index is 13.8. The van der Waals surface area contributed by atoms with Crippen molar-refractivity contribution in [3.63, 3.8) is 0 Å². The van der Waals surface area contributed by atoms with Crippen LogP contribution in [-0.2, 0) is 6.54 Å². The van der Waals surface area contributed by atoms with Gasteiger partial charge in [-0.05, 0) is 44.2 Å². The molecule has 1 saturated carbocycles. The molecule has 0 spiro atoms. The van der Waals surface area contributed by atoms with E-state index in [0.717, 1.165) is 24.3 Å². The number of benzene rings is 1. The molecule has 0 saturated heterocycles. The van der Waals surface area contributed by atoms with Gasteiger partial charge in [0, 0.05) is 24.2 Å². The molecule has 3 atom stereocenters. The Kier molecular flexibility index (Phi) is 5.17. The molecule has 2 N–H and O–H groups in total. The molecule has 2 rings (SSSR count). The first-order chi connectivity index (χ1) is 9.49. The monoisotopic (exact) mass is 278 g/mol. The lowest BCUT2D eigenvalue weighted by molar-refractivity contribution is 0.112. The lowest BCUT2D eigenvalue weighted by Crippen LogP contribution is -2.50. The number of rotatable bonds is 4. The molecule has 112 valence electrons. The third kappa shape index (κ3) is 3.58. The van der Waals surface area contributed by atoms with E-state index in [2.05, 4.69) is 25.8 Å². The topological polar surface area (TPSA) is 29.3 Å². The van der Waals surface area contributed by atoms with Gasteiger partial charge in [-0.3, -0.25) is 4.90 Å². The lowest BCUT2D eigenvalue weighted by atomic mass is 9.76. The lowest BCUT2D eigenvalue weighted by Gasteiger charge is -2.41. The zero-order valence-corrected chi connectivity index (χ0v) is 12.8. The second kappa shape index (κ2) is 6.68. The van der Waals surface area contributed by atoms with Gasteiger partial charge >= 0.3 is 0 Å². The summed E-state index contributed by atoms with van der Waals surface area (Å²) in [6, 6.07) is 7.59. The van der Waals surface area contributed by atoms with Gasteiger partial charge in [0.1, 0.15) is 5.82 Å². The fraction of sp³-hybridized carbons (Fsp3) is 0.647.